The van der Waals surface area contributed by atoms with Crippen LogP contribution in [0.25, 0.3) is 5.69 Å². The molecular formula is C9H9N3OS. The molecule has 0 aliphatic heterocycles. The molecule has 1 aromatic heterocycles. The molecule has 0 amide bonds. The third kappa shape index (κ3) is 1.42. The second-order valence-electron chi connectivity index (χ2n) is 2.70. The van der Waals surface area contributed by atoms with Crippen LogP contribution in [0, 0.1) is 4.77 Å². The van der Waals surface area contributed by atoms with Crippen molar-refractivity contribution in [3.05, 3.63) is 35.4 Å². The number of benzene rings is 1. The summed E-state index contributed by atoms with van der Waals surface area (Å²) in [7, 11) is 1.63. The van der Waals surface area contributed by atoms with Gasteiger partial charge in [0.2, 0.25) is 0 Å². The fraction of sp³-hybridized carbons (Fsp3) is 0.111. The molecule has 14 heavy (non-hydrogen) atoms. The Morgan fingerprint density at radius 3 is 2.86 bits per heavy atom. The van der Waals surface area contributed by atoms with Gasteiger partial charge in [0.15, 0.2) is 4.77 Å². The Bertz CT molecular complexity index is 489. The molecule has 0 unspecified atom stereocenters. The van der Waals surface area contributed by atoms with Crippen LogP contribution >= 0.6 is 12.2 Å². The minimum Gasteiger partial charge on any atom is -0.495 e. The van der Waals surface area contributed by atoms with Crippen molar-refractivity contribution in [1.29, 1.82) is 0 Å². The highest BCUT2D eigenvalue weighted by Crippen LogP contribution is 2.21. The molecule has 1 heterocycles. The summed E-state index contributed by atoms with van der Waals surface area (Å²) in [5, 5.41) is 6.54. The number of H-pyrrole nitrogens is 1. The van der Waals surface area contributed by atoms with E-state index in [1.54, 1.807) is 18.0 Å². The summed E-state index contributed by atoms with van der Waals surface area (Å²) in [5.41, 5.74) is 0.883. The number of rotatable bonds is 2. The van der Waals surface area contributed by atoms with E-state index >= 15 is 0 Å². The lowest BCUT2D eigenvalue weighted by molar-refractivity contribution is 0.412. The number of nitrogens with zero attached hydrogens (tertiary/aromatic N) is 2. The van der Waals surface area contributed by atoms with Gasteiger partial charge in [-0.05, 0) is 24.4 Å². The Hall–Kier alpha value is -1.62. The quantitative estimate of drug-likeness (QED) is 0.765. The van der Waals surface area contributed by atoms with E-state index < -0.39 is 0 Å². The van der Waals surface area contributed by atoms with Gasteiger partial charge in [0.05, 0.1) is 12.8 Å². The summed E-state index contributed by atoms with van der Waals surface area (Å²) in [6, 6.07) is 7.63. The van der Waals surface area contributed by atoms with Gasteiger partial charge >= 0.3 is 0 Å². The first-order valence-electron chi connectivity index (χ1n) is 4.08. The third-order valence-electron chi connectivity index (χ3n) is 1.90. The Balaban J connectivity index is 2.62. The summed E-state index contributed by atoms with van der Waals surface area (Å²) in [6.45, 7) is 0. The lowest BCUT2D eigenvalue weighted by Crippen LogP contribution is -1.96. The molecule has 1 aromatic carbocycles. The molecule has 1 N–H and O–H groups in total. The lowest BCUT2D eigenvalue weighted by atomic mass is 10.3. The van der Waals surface area contributed by atoms with Crippen molar-refractivity contribution < 1.29 is 4.74 Å². The Morgan fingerprint density at radius 1 is 1.43 bits per heavy atom. The van der Waals surface area contributed by atoms with E-state index in [1.165, 1.54) is 0 Å². The molecule has 0 aliphatic rings. The van der Waals surface area contributed by atoms with Crippen LogP contribution in [0.4, 0.5) is 0 Å². The third-order valence-corrected chi connectivity index (χ3v) is 2.18. The van der Waals surface area contributed by atoms with Crippen molar-refractivity contribution in [1.82, 2.24) is 14.8 Å². The number of aromatic nitrogens is 3. The number of nitrogens with one attached hydrogen (secondary N) is 1. The van der Waals surface area contributed by atoms with E-state index in [1.807, 2.05) is 24.3 Å². The largest absolute Gasteiger partial charge is 0.495 e. The number of hydrogen-bond acceptors (Lipinski definition) is 3. The van der Waals surface area contributed by atoms with Gasteiger partial charge in [0.1, 0.15) is 12.1 Å². The molecule has 0 atom stereocenters. The van der Waals surface area contributed by atoms with Crippen LogP contribution in [0.3, 0.4) is 0 Å². The fourth-order valence-corrected chi connectivity index (χ4v) is 1.45. The number of methoxy groups -OCH3 is 1. The number of hydrogen-bond donors (Lipinski definition) is 1. The van der Waals surface area contributed by atoms with Crippen LogP contribution in [0.2, 0.25) is 0 Å². The van der Waals surface area contributed by atoms with E-state index in [2.05, 4.69) is 10.2 Å². The van der Waals surface area contributed by atoms with E-state index in [4.69, 9.17) is 17.0 Å². The predicted molar refractivity (Wildman–Crippen MR) is 55.3 cm³/mol. The normalized spacial score (nSPS) is 10.1. The highest BCUT2D eigenvalue weighted by atomic mass is 32.1. The van der Waals surface area contributed by atoms with E-state index in [-0.39, 0.29) is 0 Å². The summed E-state index contributed by atoms with van der Waals surface area (Å²) < 4.78 is 7.52. The zero-order valence-electron chi connectivity index (χ0n) is 7.60. The van der Waals surface area contributed by atoms with Gasteiger partial charge < -0.3 is 4.74 Å². The second-order valence-corrected chi connectivity index (χ2v) is 3.09. The van der Waals surface area contributed by atoms with Crippen molar-refractivity contribution in [3.63, 3.8) is 0 Å². The Kier molecular flexibility index (Phi) is 2.32. The van der Waals surface area contributed by atoms with E-state index in [0.29, 0.717) is 4.77 Å². The first kappa shape index (κ1) is 8.96. The molecule has 0 spiro atoms. The standard InChI is InChI=1S/C9H9N3OS/c1-13-8-5-3-2-4-7(8)12-6-10-11-9(12)14/h2-6H,1H3,(H,11,14). The van der Waals surface area contributed by atoms with Crippen molar-refractivity contribution in [2.24, 2.45) is 0 Å². The maximum Gasteiger partial charge on any atom is 0.199 e. The summed E-state index contributed by atoms with van der Waals surface area (Å²) in [5.74, 6) is 0.769. The highest BCUT2D eigenvalue weighted by molar-refractivity contribution is 7.71. The zero-order valence-corrected chi connectivity index (χ0v) is 8.41. The molecule has 0 saturated carbocycles. The van der Waals surface area contributed by atoms with Gasteiger partial charge in [-0.25, -0.2) is 0 Å². The second kappa shape index (κ2) is 3.63. The summed E-state index contributed by atoms with van der Waals surface area (Å²) in [4.78, 5) is 0. The first-order valence-corrected chi connectivity index (χ1v) is 4.49. The van der Waals surface area contributed by atoms with Crippen LogP contribution in [0.15, 0.2) is 30.6 Å². The van der Waals surface area contributed by atoms with Gasteiger partial charge in [-0.2, -0.15) is 5.10 Å². The maximum atomic E-state index is 5.22. The Labute approximate surface area is 86.2 Å². The van der Waals surface area contributed by atoms with Gasteiger partial charge in [0.25, 0.3) is 0 Å². The van der Waals surface area contributed by atoms with Crippen LogP contribution < -0.4 is 4.74 Å². The molecule has 72 valence electrons. The number of ether oxygens (including phenoxy) is 1. The maximum absolute atomic E-state index is 5.22. The smallest absolute Gasteiger partial charge is 0.199 e. The van der Waals surface area contributed by atoms with E-state index in [0.717, 1.165) is 11.4 Å². The highest BCUT2D eigenvalue weighted by Gasteiger charge is 2.04. The monoisotopic (exact) mass is 207 g/mol. The molecule has 0 bridgehead atoms. The summed E-state index contributed by atoms with van der Waals surface area (Å²) >= 11 is 5.06. The topological polar surface area (TPSA) is 42.8 Å². The van der Waals surface area contributed by atoms with Gasteiger partial charge in [-0.15, -0.1) is 0 Å². The minimum atomic E-state index is 0.550. The van der Waals surface area contributed by atoms with Crippen molar-refractivity contribution >= 4 is 12.2 Å². The SMILES string of the molecule is COc1ccccc1-n1cn[nH]c1=S. The van der Waals surface area contributed by atoms with Crippen LogP contribution in [0.5, 0.6) is 5.75 Å². The van der Waals surface area contributed by atoms with Crippen LogP contribution in [-0.4, -0.2) is 21.9 Å². The average Bonchev–Trinajstić information content (AvgIpc) is 2.64. The first-order chi connectivity index (χ1) is 6.83. The van der Waals surface area contributed by atoms with Crippen LogP contribution in [0.1, 0.15) is 0 Å². The van der Waals surface area contributed by atoms with Gasteiger partial charge in [-0.1, -0.05) is 12.1 Å². The molecule has 4 nitrogen and oxygen atoms in total. The van der Waals surface area contributed by atoms with Crippen molar-refractivity contribution in [3.8, 4) is 11.4 Å². The average molecular weight is 207 g/mol. The summed E-state index contributed by atoms with van der Waals surface area (Å²) in [6.07, 6.45) is 1.63. The molecule has 2 aromatic rings. The number of para-hydroxylation sites is 2. The molecule has 0 saturated heterocycles. The predicted octanol–water partition coefficient (Wildman–Crippen LogP) is 1.94. The van der Waals surface area contributed by atoms with Crippen molar-refractivity contribution in [2.75, 3.05) is 7.11 Å². The molecule has 5 heteroatoms. The molecule has 0 radical (unpaired) electrons. The fourth-order valence-electron chi connectivity index (χ4n) is 1.25. The molecule has 0 fully saturated rings. The van der Waals surface area contributed by atoms with Gasteiger partial charge in [0, 0.05) is 0 Å². The minimum absolute atomic E-state index is 0.550. The zero-order chi connectivity index (χ0) is 9.97. The van der Waals surface area contributed by atoms with E-state index in [9.17, 15) is 0 Å². The molecular weight excluding hydrogens is 198 g/mol. The van der Waals surface area contributed by atoms with Crippen molar-refractivity contribution in [2.45, 2.75) is 0 Å². The molecule has 2 rings (SSSR count). The lowest BCUT2D eigenvalue weighted by Gasteiger charge is -2.07. The van der Waals surface area contributed by atoms with Crippen LogP contribution in [-0.2, 0) is 0 Å². The molecule has 0 aliphatic carbocycles. The number of aromatic amines is 1. The Morgan fingerprint density at radius 2 is 2.21 bits per heavy atom. The van der Waals surface area contributed by atoms with Gasteiger partial charge in [-0.3, -0.25) is 9.67 Å².